The van der Waals surface area contributed by atoms with Crippen LogP contribution in [-0.2, 0) is 4.74 Å². The lowest BCUT2D eigenvalue weighted by atomic mass is 10.0. The average molecular weight is 254 g/mol. The number of ether oxygens (including phenoxy) is 1. The van der Waals surface area contributed by atoms with Crippen molar-refractivity contribution < 1.29 is 9.13 Å². The summed E-state index contributed by atoms with van der Waals surface area (Å²) in [5.41, 5.74) is 7.36. The Morgan fingerprint density at radius 1 is 1.33 bits per heavy atom. The zero-order valence-corrected chi connectivity index (χ0v) is 11.6. The van der Waals surface area contributed by atoms with Crippen LogP contribution in [0.5, 0.6) is 0 Å². The molecule has 0 aliphatic rings. The van der Waals surface area contributed by atoms with Gasteiger partial charge in [-0.2, -0.15) is 0 Å². The summed E-state index contributed by atoms with van der Waals surface area (Å²) in [6.45, 7) is 7.15. The number of nitrogens with two attached hydrogens (primary N) is 1. The molecule has 3 nitrogen and oxygen atoms in total. The summed E-state index contributed by atoms with van der Waals surface area (Å²) in [7, 11) is 1.65. The summed E-state index contributed by atoms with van der Waals surface area (Å²) < 4.78 is 19.2. The molecular weight excluding hydrogens is 231 g/mol. The zero-order chi connectivity index (χ0) is 13.7. The van der Waals surface area contributed by atoms with Gasteiger partial charge in [-0.25, -0.2) is 4.39 Å². The van der Waals surface area contributed by atoms with E-state index in [0.29, 0.717) is 18.8 Å². The maximum atomic E-state index is 14.1. The minimum absolute atomic E-state index is 0.189. The standard InChI is InChI=1S/C14H23FN2O/c1-10(2)17(8-9-18-4)14-12(11(3)16)6-5-7-13(14)15/h5-7,10-11H,8-9,16H2,1-4H3/t11-/m0/s1. The highest BCUT2D eigenvalue weighted by molar-refractivity contribution is 5.56. The van der Waals surface area contributed by atoms with Crippen molar-refractivity contribution in [3.8, 4) is 0 Å². The minimum Gasteiger partial charge on any atom is -0.383 e. The first kappa shape index (κ1) is 14.9. The van der Waals surface area contributed by atoms with E-state index in [-0.39, 0.29) is 17.9 Å². The van der Waals surface area contributed by atoms with Gasteiger partial charge in [-0.1, -0.05) is 12.1 Å². The molecule has 0 spiro atoms. The Hall–Kier alpha value is -1.13. The summed E-state index contributed by atoms with van der Waals surface area (Å²) in [5, 5.41) is 0. The summed E-state index contributed by atoms with van der Waals surface area (Å²) in [5.74, 6) is -0.227. The summed E-state index contributed by atoms with van der Waals surface area (Å²) in [6, 6.07) is 5.05. The maximum absolute atomic E-state index is 14.1. The molecule has 1 aromatic carbocycles. The van der Waals surface area contributed by atoms with Crippen LogP contribution in [-0.4, -0.2) is 26.3 Å². The third kappa shape index (κ3) is 3.43. The van der Waals surface area contributed by atoms with E-state index in [1.54, 1.807) is 13.2 Å². The Balaban J connectivity index is 3.17. The molecule has 4 heteroatoms. The van der Waals surface area contributed by atoms with Crippen molar-refractivity contribution in [3.05, 3.63) is 29.6 Å². The molecule has 0 bridgehead atoms. The Labute approximate surface area is 109 Å². The number of para-hydroxylation sites is 1. The molecule has 0 heterocycles. The quantitative estimate of drug-likeness (QED) is 0.848. The number of hydrogen-bond donors (Lipinski definition) is 1. The van der Waals surface area contributed by atoms with E-state index >= 15 is 0 Å². The third-order valence-electron chi connectivity index (χ3n) is 2.96. The van der Waals surface area contributed by atoms with Crippen molar-refractivity contribution in [2.24, 2.45) is 5.73 Å². The van der Waals surface area contributed by atoms with Crippen LogP contribution < -0.4 is 10.6 Å². The van der Waals surface area contributed by atoms with Gasteiger partial charge in [-0.3, -0.25) is 0 Å². The van der Waals surface area contributed by atoms with Gasteiger partial charge < -0.3 is 15.4 Å². The topological polar surface area (TPSA) is 38.5 Å². The molecule has 1 rings (SSSR count). The Kier molecular flexibility index (Phi) is 5.56. The number of halogens is 1. The largest absolute Gasteiger partial charge is 0.383 e. The van der Waals surface area contributed by atoms with Gasteiger partial charge >= 0.3 is 0 Å². The molecule has 0 aromatic heterocycles. The van der Waals surface area contributed by atoms with Crippen LogP contribution in [0.1, 0.15) is 32.4 Å². The first-order valence-electron chi connectivity index (χ1n) is 6.28. The number of anilines is 1. The van der Waals surface area contributed by atoms with Crippen molar-refractivity contribution in [1.29, 1.82) is 0 Å². The molecule has 102 valence electrons. The highest BCUT2D eigenvalue weighted by Crippen LogP contribution is 2.29. The van der Waals surface area contributed by atoms with Crippen LogP contribution in [0, 0.1) is 5.82 Å². The number of nitrogens with zero attached hydrogens (tertiary/aromatic N) is 1. The van der Waals surface area contributed by atoms with Crippen molar-refractivity contribution in [2.45, 2.75) is 32.9 Å². The Morgan fingerprint density at radius 2 is 2.00 bits per heavy atom. The molecular formula is C14H23FN2O. The van der Waals surface area contributed by atoms with E-state index in [0.717, 1.165) is 5.56 Å². The predicted molar refractivity (Wildman–Crippen MR) is 73.4 cm³/mol. The van der Waals surface area contributed by atoms with E-state index in [4.69, 9.17) is 10.5 Å². The van der Waals surface area contributed by atoms with Gasteiger partial charge in [0, 0.05) is 25.7 Å². The van der Waals surface area contributed by atoms with Crippen molar-refractivity contribution in [3.63, 3.8) is 0 Å². The highest BCUT2D eigenvalue weighted by Gasteiger charge is 2.20. The molecule has 0 saturated carbocycles. The molecule has 1 atom stereocenters. The lowest BCUT2D eigenvalue weighted by Crippen LogP contribution is -2.35. The minimum atomic E-state index is -0.227. The van der Waals surface area contributed by atoms with Gasteiger partial charge in [0.05, 0.1) is 12.3 Å². The van der Waals surface area contributed by atoms with E-state index in [1.807, 2.05) is 31.7 Å². The summed E-state index contributed by atoms with van der Waals surface area (Å²) in [6.07, 6.45) is 0. The van der Waals surface area contributed by atoms with E-state index in [9.17, 15) is 4.39 Å². The molecule has 0 unspecified atom stereocenters. The first-order valence-corrected chi connectivity index (χ1v) is 6.28. The molecule has 0 amide bonds. The Bertz CT molecular complexity index is 380. The molecule has 0 saturated heterocycles. The van der Waals surface area contributed by atoms with Crippen LogP contribution in [0.2, 0.25) is 0 Å². The van der Waals surface area contributed by atoms with Crippen LogP contribution in [0.3, 0.4) is 0 Å². The summed E-state index contributed by atoms with van der Waals surface area (Å²) >= 11 is 0. The van der Waals surface area contributed by atoms with Crippen LogP contribution >= 0.6 is 0 Å². The van der Waals surface area contributed by atoms with Gasteiger partial charge in [0.15, 0.2) is 0 Å². The van der Waals surface area contributed by atoms with Gasteiger partial charge in [-0.15, -0.1) is 0 Å². The molecule has 1 aromatic rings. The summed E-state index contributed by atoms with van der Waals surface area (Å²) in [4.78, 5) is 2.00. The van der Waals surface area contributed by atoms with Gasteiger partial charge in [0.1, 0.15) is 5.82 Å². The zero-order valence-electron chi connectivity index (χ0n) is 11.6. The molecule has 0 aliphatic carbocycles. The molecule has 18 heavy (non-hydrogen) atoms. The van der Waals surface area contributed by atoms with Gasteiger partial charge in [0.25, 0.3) is 0 Å². The van der Waals surface area contributed by atoms with Gasteiger partial charge in [-0.05, 0) is 32.4 Å². The van der Waals surface area contributed by atoms with Crippen LogP contribution in [0.4, 0.5) is 10.1 Å². The molecule has 0 radical (unpaired) electrons. The van der Waals surface area contributed by atoms with E-state index in [2.05, 4.69) is 0 Å². The second-order valence-electron chi connectivity index (χ2n) is 4.75. The van der Waals surface area contributed by atoms with E-state index in [1.165, 1.54) is 6.07 Å². The predicted octanol–water partition coefficient (Wildman–Crippen LogP) is 2.71. The van der Waals surface area contributed by atoms with Crippen molar-refractivity contribution >= 4 is 5.69 Å². The average Bonchev–Trinajstić information content (AvgIpc) is 2.30. The SMILES string of the molecule is COCCN(c1c(F)cccc1[C@H](C)N)C(C)C. The monoisotopic (exact) mass is 254 g/mol. The fourth-order valence-electron chi connectivity index (χ4n) is 2.02. The van der Waals surface area contributed by atoms with Crippen molar-refractivity contribution in [2.75, 3.05) is 25.2 Å². The fourth-order valence-corrected chi connectivity index (χ4v) is 2.02. The van der Waals surface area contributed by atoms with Crippen molar-refractivity contribution in [1.82, 2.24) is 0 Å². The molecule has 0 fully saturated rings. The number of hydrogen-bond acceptors (Lipinski definition) is 3. The van der Waals surface area contributed by atoms with Crippen LogP contribution in [0.15, 0.2) is 18.2 Å². The number of benzene rings is 1. The molecule has 0 aliphatic heterocycles. The number of methoxy groups -OCH3 is 1. The first-order chi connectivity index (χ1) is 8.49. The van der Waals surface area contributed by atoms with Crippen LogP contribution in [0.25, 0.3) is 0 Å². The Morgan fingerprint density at radius 3 is 2.50 bits per heavy atom. The second-order valence-corrected chi connectivity index (χ2v) is 4.75. The second kappa shape index (κ2) is 6.71. The molecule has 2 N–H and O–H groups in total. The normalized spacial score (nSPS) is 12.8. The smallest absolute Gasteiger partial charge is 0.146 e. The highest BCUT2D eigenvalue weighted by atomic mass is 19.1. The van der Waals surface area contributed by atoms with Gasteiger partial charge in [0.2, 0.25) is 0 Å². The lowest BCUT2D eigenvalue weighted by Gasteiger charge is -2.31. The third-order valence-corrected chi connectivity index (χ3v) is 2.96. The fraction of sp³-hybridized carbons (Fsp3) is 0.571. The lowest BCUT2D eigenvalue weighted by molar-refractivity contribution is 0.203. The van der Waals surface area contributed by atoms with E-state index < -0.39 is 0 Å². The number of rotatable bonds is 6. The maximum Gasteiger partial charge on any atom is 0.146 e.